The number of carbonyl (C=O) groups excluding carboxylic acids is 4. The molecule has 1 heterocycles. The summed E-state index contributed by atoms with van der Waals surface area (Å²) in [6, 6.07) is 17.0. The Morgan fingerprint density at radius 3 is 2.42 bits per heavy atom. The van der Waals surface area contributed by atoms with Gasteiger partial charge < -0.3 is 14.8 Å². The molecule has 0 bridgehead atoms. The van der Waals surface area contributed by atoms with Gasteiger partial charge in [0.2, 0.25) is 0 Å². The lowest BCUT2D eigenvalue weighted by atomic mass is 10.1. The number of benzene rings is 3. The summed E-state index contributed by atoms with van der Waals surface area (Å²) < 4.78 is 11.3. The Morgan fingerprint density at radius 2 is 1.71 bits per heavy atom. The number of imide groups is 2. The van der Waals surface area contributed by atoms with E-state index in [0.29, 0.717) is 29.4 Å². The molecule has 0 radical (unpaired) electrons. The van der Waals surface area contributed by atoms with Crippen LogP contribution in [-0.2, 0) is 14.4 Å². The Balaban J connectivity index is 1.55. The monoisotopic (exact) mass is 553 g/mol. The maximum Gasteiger partial charge on any atom is 0.335 e. The average molecular weight is 554 g/mol. The molecular weight excluding hydrogens is 533 g/mol. The molecule has 2 N–H and O–H groups in total. The Bertz CT molecular complexity index is 1440. The number of barbiturate groups is 1. The van der Waals surface area contributed by atoms with Gasteiger partial charge in [0.1, 0.15) is 5.57 Å². The number of amides is 5. The summed E-state index contributed by atoms with van der Waals surface area (Å²) in [6.45, 7) is 1.80. The lowest BCUT2D eigenvalue weighted by Crippen LogP contribution is -2.54. The maximum absolute atomic E-state index is 13.2. The van der Waals surface area contributed by atoms with Crippen LogP contribution < -0.4 is 25.0 Å². The van der Waals surface area contributed by atoms with Gasteiger partial charge in [-0.05, 0) is 61.0 Å². The molecule has 0 aliphatic carbocycles. The van der Waals surface area contributed by atoms with Crippen molar-refractivity contribution in [1.29, 1.82) is 0 Å². The van der Waals surface area contributed by atoms with E-state index in [0.717, 1.165) is 4.90 Å². The second kappa shape index (κ2) is 11.8. The fourth-order valence-electron chi connectivity index (χ4n) is 3.55. The van der Waals surface area contributed by atoms with Crippen LogP contribution in [0.4, 0.5) is 16.2 Å². The Labute approximate surface area is 227 Å². The van der Waals surface area contributed by atoms with Crippen LogP contribution in [0.1, 0.15) is 12.5 Å². The molecule has 1 saturated heterocycles. The minimum Gasteiger partial charge on any atom is -0.490 e. The summed E-state index contributed by atoms with van der Waals surface area (Å²) in [6.07, 6.45) is 1.32. The van der Waals surface area contributed by atoms with E-state index in [9.17, 15) is 19.2 Å². The molecule has 3 aromatic carbocycles. The molecule has 5 amide bonds. The summed E-state index contributed by atoms with van der Waals surface area (Å²) >= 11 is 12.0. The van der Waals surface area contributed by atoms with E-state index in [1.54, 1.807) is 49.4 Å². The van der Waals surface area contributed by atoms with Crippen LogP contribution in [0, 0.1) is 0 Å². The molecule has 0 unspecified atom stereocenters. The number of para-hydroxylation sites is 1. The van der Waals surface area contributed by atoms with Crippen molar-refractivity contribution in [3.63, 3.8) is 0 Å². The van der Waals surface area contributed by atoms with Gasteiger partial charge >= 0.3 is 6.03 Å². The van der Waals surface area contributed by atoms with Crippen molar-refractivity contribution in [2.24, 2.45) is 0 Å². The standard InChI is InChI=1S/C27H21Cl2N3O6/c1-2-37-23-13-16(8-11-22(23)38-15-24(33)30-17-6-4-3-5-7-17)12-19-25(34)31-27(36)32(26(19)35)18-9-10-20(28)21(29)14-18/h3-14H,2,15H2,1H3,(H,30,33)(H,31,34,36)/b19-12+. The van der Waals surface area contributed by atoms with Crippen LogP contribution >= 0.6 is 23.2 Å². The van der Waals surface area contributed by atoms with Crippen molar-refractivity contribution in [2.45, 2.75) is 6.92 Å². The lowest BCUT2D eigenvalue weighted by Gasteiger charge is -2.26. The highest BCUT2D eigenvalue weighted by Gasteiger charge is 2.37. The minimum absolute atomic E-state index is 0.140. The molecule has 38 heavy (non-hydrogen) atoms. The van der Waals surface area contributed by atoms with Crippen molar-refractivity contribution < 1.29 is 28.7 Å². The Morgan fingerprint density at radius 1 is 0.947 bits per heavy atom. The number of carbonyl (C=O) groups is 4. The minimum atomic E-state index is -0.914. The maximum atomic E-state index is 13.2. The molecule has 0 spiro atoms. The third-order valence-corrected chi connectivity index (χ3v) is 6.00. The fraction of sp³-hybridized carbons (Fsp3) is 0.111. The predicted molar refractivity (Wildman–Crippen MR) is 144 cm³/mol. The van der Waals surface area contributed by atoms with Gasteiger partial charge in [0.15, 0.2) is 18.1 Å². The second-order valence-corrected chi connectivity index (χ2v) is 8.71. The van der Waals surface area contributed by atoms with Gasteiger partial charge in [-0.1, -0.05) is 47.5 Å². The average Bonchev–Trinajstić information content (AvgIpc) is 2.89. The smallest absolute Gasteiger partial charge is 0.335 e. The fourth-order valence-corrected chi connectivity index (χ4v) is 3.84. The third kappa shape index (κ3) is 6.13. The van der Waals surface area contributed by atoms with Crippen molar-refractivity contribution in [1.82, 2.24) is 5.32 Å². The van der Waals surface area contributed by atoms with Crippen LogP contribution in [0.2, 0.25) is 10.0 Å². The zero-order valence-corrected chi connectivity index (χ0v) is 21.5. The topological polar surface area (TPSA) is 114 Å². The first-order chi connectivity index (χ1) is 18.3. The van der Waals surface area contributed by atoms with Gasteiger partial charge in [0.25, 0.3) is 17.7 Å². The number of urea groups is 1. The summed E-state index contributed by atoms with van der Waals surface area (Å²) in [4.78, 5) is 51.2. The molecule has 0 atom stereocenters. The number of nitrogens with one attached hydrogen (secondary N) is 2. The van der Waals surface area contributed by atoms with E-state index in [2.05, 4.69) is 10.6 Å². The molecule has 0 aromatic heterocycles. The zero-order chi connectivity index (χ0) is 27.2. The van der Waals surface area contributed by atoms with Gasteiger partial charge in [0.05, 0.1) is 22.3 Å². The molecular formula is C27H21Cl2N3O6. The van der Waals surface area contributed by atoms with E-state index >= 15 is 0 Å². The quantitative estimate of drug-likeness (QED) is 0.297. The van der Waals surface area contributed by atoms with E-state index in [-0.39, 0.29) is 33.8 Å². The highest BCUT2D eigenvalue weighted by atomic mass is 35.5. The van der Waals surface area contributed by atoms with Crippen molar-refractivity contribution in [2.75, 3.05) is 23.4 Å². The first kappa shape index (κ1) is 26.7. The van der Waals surface area contributed by atoms with Crippen LogP contribution in [0.5, 0.6) is 11.5 Å². The number of halogens is 2. The van der Waals surface area contributed by atoms with Gasteiger partial charge in [-0.3, -0.25) is 19.7 Å². The summed E-state index contributed by atoms with van der Waals surface area (Å²) in [5, 5.41) is 5.26. The highest BCUT2D eigenvalue weighted by molar-refractivity contribution is 6.43. The summed E-state index contributed by atoms with van der Waals surface area (Å²) in [7, 11) is 0. The number of nitrogens with zero attached hydrogens (tertiary/aromatic N) is 1. The molecule has 9 nitrogen and oxygen atoms in total. The summed E-state index contributed by atoms with van der Waals surface area (Å²) in [5.41, 5.74) is 0.926. The van der Waals surface area contributed by atoms with E-state index in [1.807, 2.05) is 6.07 Å². The molecule has 11 heteroatoms. The van der Waals surface area contributed by atoms with Crippen molar-refractivity contribution in [3.05, 3.63) is 87.9 Å². The molecule has 1 aliphatic rings. The van der Waals surface area contributed by atoms with Crippen molar-refractivity contribution >= 4 is 64.4 Å². The highest BCUT2D eigenvalue weighted by Crippen LogP contribution is 2.32. The van der Waals surface area contributed by atoms with Gasteiger partial charge in [-0.2, -0.15) is 0 Å². The van der Waals surface area contributed by atoms with Gasteiger partial charge in [-0.15, -0.1) is 0 Å². The molecule has 4 rings (SSSR count). The number of hydrogen-bond acceptors (Lipinski definition) is 6. The Hall–Kier alpha value is -4.34. The SMILES string of the molecule is CCOc1cc(/C=C2\C(=O)NC(=O)N(c3ccc(Cl)c(Cl)c3)C2=O)ccc1OCC(=O)Nc1ccccc1. The van der Waals surface area contributed by atoms with Crippen LogP contribution in [0.25, 0.3) is 6.08 Å². The molecule has 0 saturated carbocycles. The summed E-state index contributed by atoms with van der Waals surface area (Å²) in [5.74, 6) is -1.46. The molecule has 1 fully saturated rings. The Kier molecular flexibility index (Phi) is 8.30. The normalized spacial score (nSPS) is 14.3. The first-order valence-electron chi connectivity index (χ1n) is 11.4. The van der Waals surface area contributed by atoms with Crippen LogP contribution in [-0.4, -0.2) is 37.0 Å². The lowest BCUT2D eigenvalue weighted by molar-refractivity contribution is -0.122. The van der Waals surface area contributed by atoms with Crippen LogP contribution in [0.15, 0.2) is 72.3 Å². The van der Waals surface area contributed by atoms with Gasteiger partial charge in [0, 0.05) is 5.69 Å². The number of hydrogen-bond donors (Lipinski definition) is 2. The zero-order valence-electron chi connectivity index (χ0n) is 20.0. The second-order valence-electron chi connectivity index (χ2n) is 7.90. The number of ether oxygens (including phenoxy) is 2. The first-order valence-corrected chi connectivity index (χ1v) is 12.1. The molecule has 1 aliphatic heterocycles. The largest absolute Gasteiger partial charge is 0.490 e. The number of rotatable bonds is 8. The van der Waals surface area contributed by atoms with Crippen LogP contribution in [0.3, 0.4) is 0 Å². The predicted octanol–water partition coefficient (Wildman–Crippen LogP) is 5.08. The molecule has 194 valence electrons. The van der Waals surface area contributed by atoms with E-state index in [4.69, 9.17) is 32.7 Å². The number of anilines is 2. The molecule has 3 aromatic rings. The van der Waals surface area contributed by atoms with E-state index in [1.165, 1.54) is 24.3 Å². The third-order valence-electron chi connectivity index (χ3n) is 5.26. The van der Waals surface area contributed by atoms with Crippen molar-refractivity contribution in [3.8, 4) is 11.5 Å². The van der Waals surface area contributed by atoms with Gasteiger partial charge in [-0.25, -0.2) is 9.69 Å². The van der Waals surface area contributed by atoms with E-state index < -0.39 is 17.8 Å².